The Bertz CT molecular complexity index is 965. The first-order valence-corrected chi connectivity index (χ1v) is 10.1. The summed E-state index contributed by atoms with van der Waals surface area (Å²) in [5.41, 5.74) is 2.26. The van der Waals surface area contributed by atoms with Gasteiger partial charge < -0.3 is 15.4 Å². The molecule has 1 aromatic carbocycles. The topological polar surface area (TPSA) is 80.3 Å². The van der Waals surface area contributed by atoms with E-state index in [-0.39, 0.29) is 17.9 Å². The molecule has 160 valence electrons. The minimum absolute atomic E-state index is 0.0424. The van der Waals surface area contributed by atoms with Crippen molar-refractivity contribution in [3.05, 3.63) is 47.4 Å². The van der Waals surface area contributed by atoms with Crippen LogP contribution in [0.2, 0.25) is 0 Å². The quantitative estimate of drug-likeness (QED) is 0.712. The van der Waals surface area contributed by atoms with Gasteiger partial charge in [-0.2, -0.15) is 0 Å². The number of halogens is 1. The molecule has 0 aliphatic heterocycles. The number of anilines is 1. The molecule has 0 spiro atoms. The number of benzene rings is 1. The second kappa shape index (κ2) is 8.42. The van der Waals surface area contributed by atoms with Crippen molar-refractivity contribution in [3.8, 4) is 11.1 Å². The molecule has 1 fully saturated rings. The first-order valence-electron chi connectivity index (χ1n) is 10.1. The molecule has 30 heavy (non-hydrogen) atoms. The summed E-state index contributed by atoms with van der Waals surface area (Å²) in [6.45, 7) is 9.19. The minimum Gasteiger partial charge on any atom is -0.444 e. The van der Waals surface area contributed by atoms with Crippen LogP contribution in [0.3, 0.4) is 0 Å². The van der Waals surface area contributed by atoms with E-state index in [2.05, 4.69) is 15.6 Å². The molecule has 7 heteroatoms. The van der Waals surface area contributed by atoms with Gasteiger partial charge in [-0.3, -0.25) is 4.79 Å². The number of aryl methyl sites for hydroxylation is 1. The lowest BCUT2D eigenvalue weighted by atomic mass is 9.96. The highest BCUT2D eigenvalue weighted by Crippen LogP contribution is 2.32. The van der Waals surface area contributed by atoms with E-state index < -0.39 is 17.5 Å². The Morgan fingerprint density at radius 1 is 1.23 bits per heavy atom. The average Bonchev–Trinajstić information content (AvgIpc) is 3.46. The summed E-state index contributed by atoms with van der Waals surface area (Å²) >= 11 is 0. The molecule has 1 heterocycles. The molecule has 3 rings (SSSR count). The molecule has 1 saturated carbocycles. The van der Waals surface area contributed by atoms with Gasteiger partial charge in [-0.1, -0.05) is 18.2 Å². The van der Waals surface area contributed by atoms with Crippen LogP contribution in [0.15, 0.2) is 30.5 Å². The molecule has 1 aliphatic rings. The van der Waals surface area contributed by atoms with Crippen LogP contribution in [0.5, 0.6) is 0 Å². The van der Waals surface area contributed by atoms with Gasteiger partial charge in [-0.05, 0) is 70.2 Å². The van der Waals surface area contributed by atoms with Crippen LogP contribution in [-0.4, -0.2) is 22.6 Å². The molecule has 0 saturated heterocycles. The van der Waals surface area contributed by atoms with Gasteiger partial charge in [0.1, 0.15) is 17.2 Å². The summed E-state index contributed by atoms with van der Waals surface area (Å²) < 4.78 is 19.7. The normalized spacial score (nSPS) is 14.7. The van der Waals surface area contributed by atoms with Crippen molar-refractivity contribution in [1.29, 1.82) is 0 Å². The Labute approximate surface area is 176 Å². The average molecular weight is 413 g/mol. The number of pyridine rings is 1. The van der Waals surface area contributed by atoms with Crippen molar-refractivity contribution in [2.75, 3.05) is 5.32 Å². The van der Waals surface area contributed by atoms with Crippen molar-refractivity contribution in [2.45, 2.75) is 59.1 Å². The molecule has 1 aromatic heterocycles. The number of hydrogen-bond acceptors (Lipinski definition) is 4. The number of amides is 2. The summed E-state index contributed by atoms with van der Waals surface area (Å²) in [7, 11) is 0. The number of aromatic nitrogens is 1. The molecule has 1 aliphatic carbocycles. The molecule has 2 N–H and O–H groups in total. The summed E-state index contributed by atoms with van der Waals surface area (Å²) in [5.74, 6) is -0.161. The number of nitrogens with zero attached hydrogens (tertiary/aromatic N) is 1. The van der Waals surface area contributed by atoms with Crippen LogP contribution in [-0.2, 0) is 9.53 Å². The van der Waals surface area contributed by atoms with Gasteiger partial charge in [0.15, 0.2) is 0 Å². The fourth-order valence-corrected chi connectivity index (χ4v) is 3.19. The fourth-order valence-electron chi connectivity index (χ4n) is 3.19. The first-order chi connectivity index (χ1) is 14.0. The van der Waals surface area contributed by atoms with Crippen molar-refractivity contribution < 1.29 is 18.7 Å². The van der Waals surface area contributed by atoms with Crippen molar-refractivity contribution >= 4 is 17.8 Å². The van der Waals surface area contributed by atoms with Crippen LogP contribution in [0.4, 0.5) is 15.0 Å². The minimum atomic E-state index is -0.575. The largest absolute Gasteiger partial charge is 0.444 e. The molecule has 0 bridgehead atoms. The van der Waals surface area contributed by atoms with Crippen molar-refractivity contribution in [2.24, 2.45) is 5.92 Å². The third-order valence-electron chi connectivity index (χ3n) is 4.84. The fraction of sp³-hybridized carbons (Fsp3) is 0.435. The third kappa shape index (κ3) is 5.55. The summed E-state index contributed by atoms with van der Waals surface area (Å²) in [6.07, 6.45) is 2.40. The molecule has 1 atom stereocenters. The lowest BCUT2D eigenvalue weighted by molar-refractivity contribution is -0.117. The lowest BCUT2D eigenvalue weighted by Gasteiger charge is -2.23. The third-order valence-corrected chi connectivity index (χ3v) is 4.84. The number of nitrogens with one attached hydrogen (secondary N) is 2. The molecular weight excluding hydrogens is 385 g/mol. The van der Waals surface area contributed by atoms with Gasteiger partial charge in [0, 0.05) is 11.5 Å². The number of ether oxygens (including phenoxy) is 1. The van der Waals surface area contributed by atoms with E-state index in [0.717, 1.165) is 30.2 Å². The Kier molecular flexibility index (Phi) is 6.10. The standard InChI is InChI=1S/C23H28FN3O3/c1-13-10-16(8-9-17(13)14(2)26-22(29)30-23(3,4)5)18-11-20(25-12-19(18)24)27-21(28)15-6-7-15/h8-12,14-15H,6-7H2,1-5H3,(H,26,29)(H,25,27,28)/t14-/m1/s1. The second-order valence-corrected chi connectivity index (χ2v) is 8.75. The summed E-state index contributed by atoms with van der Waals surface area (Å²) in [5, 5.41) is 5.57. The Balaban J connectivity index is 1.77. The van der Waals surface area contributed by atoms with Crippen LogP contribution < -0.4 is 10.6 Å². The van der Waals surface area contributed by atoms with E-state index in [4.69, 9.17) is 4.74 Å². The molecule has 0 unspecified atom stereocenters. The van der Waals surface area contributed by atoms with E-state index in [1.807, 2.05) is 46.8 Å². The monoisotopic (exact) mass is 413 g/mol. The maximum absolute atomic E-state index is 14.4. The molecule has 6 nitrogen and oxygen atoms in total. The Morgan fingerprint density at radius 2 is 1.93 bits per heavy atom. The van der Waals surface area contributed by atoms with Crippen LogP contribution in [0, 0.1) is 18.7 Å². The van der Waals surface area contributed by atoms with Gasteiger partial charge in [-0.15, -0.1) is 0 Å². The maximum atomic E-state index is 14.4. The molecule has 2 amide bonds. The van der Waals surface area contributed by atoms with E-state index in [1.54, 1.807) is 12.1 Å². The zero-order chi connectivity index (χ0) is 22.1. The lowest BCUT2D eigenvalue weighted by Crippen LogP contribution is -2.34. The van der Waals surface area contributed by atoms with Crippen molar-refractivity contribution in [1.82, 2.24) is 10.3 Å². The predicted octanol–water partition coefficient (Wildman–Crippen LogP) is 5.13. The first kappa shape index (κ1) is 21.7. The number of rotatable bonds is 5. The number of carbonyl (C=O) groups excluding carboxylic acids is 2. The number of hydrogen-bond donors (Lipinski definition) is 2. The highest BCUT2D eigenvalue weighted by atomic mass is 19.1. The molecule has 2 aromatic rings. The zero-order valence-corrected chi connectivity index (χ0v) is 18.0. The predicted molar refractivity (Wildman–Crippen MR) is 114 cm³/mol. The molecular formula is C23H28FN3O3. The van der Waals surface area contributed by atoms with Crippen LogP contribution in [0.1, 0.15) is 57.7 Å². The zero-order valence-electron chi connectivity index (χ0n) is 18.0. The van der Waals surface area contributed by atoms with E-state index in [1.165, 1.54) is 0 Å². The molecule has 0 radical (unpaired) electrons. The smallest absolute Gasteiger partial charge is 0.408 e. The summed E-state index contributed by atoms with van der Waals surface area (Å²) in [4.78, 5) is 28.0. The van der Waals surface area contributed by atoms with Gasteiger partial charge in [0.05, 0.1) is 12.2 Å². The Hall–Kier alpha value is -2.96. The van der Waals surface area contributed by atoms with E-state index in [0.29, 0.717) is 16.9 Å². The van der Waals surface area contributed by atoms with E-state index >= 15 is 0 Å². The van der Waals surface area contributed by atoms with Crippen LogP contribution >= 0.6 is 0 Å². The summed E-state index contributed by atoms with van der Waals surface area (Å²) in [6, 6.07) is 6.78. The number of alkyl carbamates (subject to hydrolysis) is 1. The maximum Gasteiger partial charge on any atom is 0.408 e. The Morgan fingerprint density at radius 3 is 2.53 bits per heavy atom. The van der Waals surface area contributed by atoms with Crippen LogP contribution in [0.25, 0.3) is 11.1 Å². The second-order valence-electron chi connectivity index (χ2n) is 8.75. The van der Waals surface area contributed by atoms with Crippen molar-refractivity contribution in [3.63, 3.8) is 0 Å². The van der Waals surface area contributed by atoms with Gasteiger partial charge in [0.2, 0.25) is 5.91 Å². The highest BCUT2D eigenvalue weighted by molar-refractivity contribution is 5.93. The van der Waals surface area contributed by atoms with Gasteiger partial charge in [-0.25, -0.2) is 14.2 Å². The van der Waals surface area contributed by atoms with E-state index in [9.17, 15) is 14.0 Å². The van der Waals surface area contributed by atoms with Gasteiger partial charge in [0.25, 0.3) is 0 Å². The SMILES string of the molecule is Cc1cc(-c2cc(NC(=O)C3CC3)ncc2F)ccc1[C@@H](C)NC(=O)OC(C)(C)C. The highest BCUT2D eigenvalue weighted by Gasteiger charge is 2.30. The van der Waals surface area contributed by atoms with Gasteiger partial charge >= 0.3 is 6.09 Å². The number of carbonyl (C=O) groups is 2.